The Balaban J connectivity index is 1.40. The highest BCUT2D eigenvalue weighted by molar-refractivity contribution is 5.77. The molecule has 0 N–H and O–H groups in total. The molecule has 2 unspecified atom stereocenters. The lowest BCUT2D eigenvalue weighted by molar-refractivity contribution is -0.137. The van der Waals surface area contributed by atoms with Crippen LogP contribution in [0.4, 0.5) is 0 Å². The minimum atomic E-state index is 0.279. The van der Waals surface area contributed by atoms with Crippen LogP contribution in [0.5, 0.6) is 0 Å². The summed E-state index contributed by atoms with van der Waals surface area (Å²) in [5.41, 5.74) is 0. The van der Waals surface area contributed by atoms with Crippen molar-refractivity contribution in [3.63, 3.8) is 0 Å². The normalized spacial score (nSPS) is 29.6. The third-order valence-corrected chi connectivity index (χ3v) is 5.44. The van der Waals surface area contributed by atoms with Gasteiger partial charge in [-0.3, -0.25) is 9.59 Å². The summed E-state index contributed by atoms with van der Waals surface area (Å²) in [7, 11) is 0. The molecule has 4 heteroatoms. The van der Waals surface area contributed by atoms with Gasteiger partial charge < -0.3 is 9.80 Å². The van der Waals surface area contributed by atoms with Gasteiger partial charge in [-0.15, -0.1) is 0 Å². The van der Waals surface area contributed by atoms with Gasteiger partial charge >= 0.3 is 0 Å². The second-order valence-corrected chi connectivity index (χ2v) is 7.14. The third-order valence-electron chi connectivity index (χ3n) is 5.44. The number of nitrogens with zero attached hydrogens (tertiary/aromatic N) is 2. The molecule has 2 amide bonds. The quantitative estimate of drug-likeness (QED) is 0.798. The first-order chi connectivity index (χ1) is 10.2. The molecule has 0 spiro atoms. The maximum absolute atomic E-state index is 12.4. The van der Waals surface area contributed by atoms with Gasteiger partial charge in [0, 0.05) is 39.0 Å². The average molecular weight is 292 g/mol. The van der Waals surface area contributed by atoms with E-state index in [9.17, 15) is 9.59 Å². The Bertz CT molecular complexity index is 384. The summed E-state index contributed by atoms with van der Waals surface area (Å²) in [6.07, 6.45) is 9.61. The SMILES string of the molecule is O=C1CCCCN1CCCC(=O)N1CC2CCCC(C2)C1. The molecule has 3 rings (SSSR count). The number of rotatable bonds is 4. The van der Waals surface area contributed by atoms with Crippen LogP contribution in [0.3, 0.4) is 0 Å². The maximum atomic E-state index is 12.4. The lowest BCUT2D eigenvalue weighted by atomic mass is 9.78. The van der Waals surface area contributed by atoms with E-state index in [1.165, 1.54) is 25.7 Å². The molecule has 1 aliphatic carbocycles. The summed E-state index contributed by atoms with van der Waals surface area (Å²) in [6.45, 7) is 3.63. The van der Waals surface area contributed by atoms with E-state index in [1.54, 1.807) is 0 Å². The van der Waals surface area contributed by atoms with Crippen molar-refractivity contribution in [3.05, 3.63) is 0 Å². The van der Waals surface area contributed by atoms with Crippen molar-refractivity contribution in [2.45, 2.75) is 57.8 Å². The molecule has 3 aliphatic rings. The average Bonchev–Trinajstić information content (AvgIpc) is 2.48. The van der Waals surface area contributed by atoms with Crippen molar-refractivity contribution in [2.75, 3.05) is 26.2 Å². The molecule has 0 aromatic heterocycles. The Morgan fingerprint density at radius 3 is 2.57 bits per heavy atom. The van der Waals surface area contributed by atoms with E-state index in [0.29, 0.717) is 18.7 Å². The lowest BCUT2D eigenvalue weighted by Gasteiger charge is -2.41. The first-order valence-electron chi connectivity index (χ1n) is 8.78. The van der Waals surface area contributed by atoms with E-state index < -0.39 is 0 Å². The highest BCUT2D eigenvalue weighted by Crippen LogP contribution is 2.34. The Kier molecular flexibility index (Phi) is 4.81. The summed E-state index contributed by atoms with van der Waals surface area (Å²) in [5, 5.41) is 0. The molecule has 4 nitrogen and oxygen atoms in total. The Morgan fingerprint density at radius 1 is 1.10 bits per heavy atom. The number of carbonyl (C=O) groups is 2. The first kappa shape index (κ1) is 14.9. The van der Waals surface area contributed by atoms with Gasteiger partial charge in [0.25, 0.3) is 0 Å². The smallest absolute Gasteiger partial charge is 0.222 e. The minimum Gasteiger partial charge on any atom is -0.343 e. The van der Waals surface area contributed by atoms with Crippen LogP contribution in [0.25, 0.3) is 0 Å². The van der Waals surface area contributed by atoms with E-state index in [0.717, 1.165) is 57.3 Å². The number of carbonyl (C=O) groups excluding carboxylic acids is 2. The predicted molar refractivity (Wildman–Crippen MR) is 81.7 cm³/mol. The number of amides is 2. The van der Waals surface area contributed by atoms with Crippen LogP contribution in [-0.4, -0.2) is 47.8 Å². The summed E-state index contributed by atoms with van der Waals surface area (Å²) < 4.78 is 0. The van der Waals surface area contributed by atoms with Crippen LogP contribution < -0.4 is 0 Å². The molecule has 3 fully saturated rings. The van der Waals surface area contributed by atoms with E-state index in [4.69, 9.17) is 0 Å². The molecule has 21 heavy (non-hydrogen) atoms. The van der Waals surface area contributed by atoms with Gasteiger partial charge in [-0.1, -0.05) is 6.42 Å². The first-order valence-corrected chi connectivity index (χ1v) is 8.78. The minimum absolute atomic E-state index is 0.279. The topological polar surface area (TPSA) is 40.6 Å². The van der Waals surface area contributed by atoms with Gasteiger partial charge in [0.05, 0.1) is 0 Å². The maximum Gasteiger partial charge on any atom is 0.222 e. The molecule has 1 saturated carbocycles. The number of likely N-dealkylation sites (tertiary alicyclic amines) is 2. The summed E-state index contributed by atoms with van der Waals surface area (Å²) in [6, 6.07) is 0. The molecular formula is C17H28N2O2. The van der Waals surface area contributed by atoms with E-state index >= 15 is 0 Å². The standard InChI is InChI=1S/C17H28N2O2/c20-16-7-1-2-9-18(16)10-4-8-17(21)19-12-14-5-3-6-15(11-14)13-19/h14-15H,1-13H2. The fourth-order valence-electron chi connectivity index (χ4n) is 4.31. The molecule has 2 saturated heterocycles. The Hall–Kier alpha value is -1.06. The van der Waals surface area contributed by atoms with Crippen molar-refractivity contribution in [3.8, 4) is 0 Å². The monoisotopic (exact) mass is 292 g/mol. The van der Waals surface area contributed by atoms with E-state index in [2.05, 4.69) is 4.90 Å². The highest BCUT2D eigenvalue weighted by atomic mass is 16.2. The van der Waals surface area contributed by atoms with E-state index in [1.807, 2.05) is 4.90 Å². The number of hydrogen-bond donors (Lipinski definition) is 0. The molecule has 2 aliphatic heterocycles. The predicted octanol–water partition coefficient (Wildman–Crippen LogP) is 2.43. The van der Waals surface area contributed by atoms with Crippen LogP contribution in [0.15, 0.2) is 0 Å². The molecule has 2 heterocycles. The highest BCUT2D eigenvalue weighted by Gasteiger charge is 2.32. The summed E-state index contributed by atoms with van der Waals surface area (Å²) >= 11 is 0. The lowest BCUT2D eigenvalue weighted by Crippen LogP contribution is -2.45. The van der Waals surface area contributed by atoms with Crippen molar-refractivity contribution in [1.29, 1.82) is 0 Å². The molecule has 0 aromatic carbocycles. The largest absolute Gasteiger partial charge is 0.343 e. The van der Waals surface area contributed by atoms with E-state index in [-0.39, 0.29) is 5.91 Å². The van der Waals surface area contributed by atoms with Crippen LogP contribution in [-0.2, 0) is 9.59 Å². The van der Waals surface area contributed by atoms with Crippen molar-refractivity contribution >= 4 is 11.8 Å². The zero-order valence-electron chi connectivity index (χ0n) is 13.1. The van der Waals surface area contributed by atoms with Crippen LogP contribution in [0.2, 0.25) is 0 Å². The zero-order valence-corrected chi connectivity index (χ0v) is 13.1. The van der Waals surface area contributed by atoms with Crippen molar-refractivity contribution in [1.82, 2.24) is 9.80 Å². The van der Waals surface area contributed by atoms with Gasteiger partial charge in [0.15, 0.2) is 0 Å². The molecule has 2 bridgehead atoms. The summed E-state index contributed by atoms with van der Waals surface area (Å²) in [5.74, 6) is 2.10. The fraction of sp³-hybridized carbons (Fsp3) is 0.882. The fourth-order valence-corrected chi connectivity index (χ4v) is 4.31. The van der Waals surface area contributed by atoms with Gasteiger partial charge in [-0.25, -0.2) is 0 Å². The van der Waals surface area contributed by atoms with Gasteiger partial charge in [-0.05, 0) is 50.4 Å². The molecule has 0 aromatic rings. The van der Waals surface area contributed by atoms with Gasteiger partial charge in [0.2, 0.25) is 11.8 Å². The zero-order chi connectivity index (χ0) is 14.7. The van der Waals surface area contributed by atoms with Crippen LogP contribution in [0.1, 0.15) is 57.8 Å². The molecular weight excluding hydrogens is 264 g/mol. The Labute approximate surface area is 127 Å². The molecule has 0 radical (unpaired) electrons. The number of fused-ring (bicyclic) bond motifs is 2. The molecule has 2 atom stereocenters. The second kappa shape index (κ2) is 6.80. The van der Waals surface area contributed by atoms with Crippen molar-refractivity contribution < 1.29 is 9.59 Å². The van der Waals surface area contributed by atoms with Crippen molar-refractivity contribution in [2.24, 2.45) is 11.8 Å². The third kappa shape index (κ3) is 3.78. The van der Waals surface area contributed by atoms with Crippen LogP contribution >= 0.6 is 0 Å². The Morgan fingerprint density at radius 2 is 1.86 bits per heavy atom. The summed E-state index contributed by atoms with van der Waals surface area (Å²) in [4.78, 5) is 28.2. The van der Waals surface area contributed by atoms with Crippen LogP contribution in [0, 0.1) is 11.8 Å². The number of piperidine rings is 2. The van der Waals surface area contributed by atoms with Gasteiger partial charge in [-0.2, -0.15) is 0 Å². The second-order valence-electron chi connectivity index (χ2n) is 7.14. The molecule has 118 valence electrons. The van der Waals surface area contributed by atoms with Gasteiger partial charge in [0.1, 0.15) is 0 Å². The number of hydrogen-bond acceptors (Lipinski definition) is 2.